The van der Waals surface area contributed by atoms with Gasteiger partial charge in [-0.3, -0.25) is 4.90 Å². The number of hydrogen-bond donors (Lipinski definition) is 2. The first-order chi connectivity index (χ1) is 14.9. The molecule has 0 saturated heterocycles. The fraction of sp³-hybridized carbons (Fsp3) is 0.375. The summed E-state index contributed by atoms with van der Waals surface area (Å²) in [6.45, 7) is 10.4. The van der Waals surface area contributed by atoms with Gasteiger partial charge >= 0.3 is 6.03 Å². The average Bonchev–Trinajstić information content (AvgIpc) is 3.02. The van der Waals surface area contributed by atoms with E-state index in [4.69, 9.17) is 0 Å². The third-order valence-corrected chi connectivity index (χ3v) is 5.35. The number of azo groups is 1. The Balaban J connectivity index is 1.78. The average molecular weight is 422 g/mol. The van der Waals surface area contributed by atoms with Gasteiger partial charge in [-0.2, -0.15) is 0 Å². The first kappa shape index (κ1) is 22.5. The molecule has 0 saturated carbocycles. The number of carbonyl (C=O) groups excluding carboxylic acids is 1. The maximum atomic E-state index is 12.1. The van der Waals surface area contributed by atoms with Gasteiger partial charge < -0.3 is 15.0 Å². The summed E-state index contributed by atoms with van der Waals surface area (Å²) in [5.41, 5.74) is 2.16. The number of fused-ring (bicyclic) bond motifs is 1. The summed E-state index contributed by atoms with van der Waals surface area (Å²) in [5, 5.41) is 22.2. The van der Waals surface area contributed by atoms with Gasteiger partial charge in [0, 0.05) is 37.1 Å². The molecule has 0 unspecified atom stereocenters. The highest BCUT2D eigenvalue weighted by Crippen LogP contribution is 2.38. The summed E-state index contributed by atoms with van der Waals surface area (Å²) in [7, 11) is 0. The second-order valence-electron chi connectivity index (χ2n) is 8.11. The number of para-hydroxylation sites is 1. The lowest BCUT2D eigenvalue weighted by atomic mass is 10.2. The smallest absolute Gasteiger partial charge is 0.359 e. The van der Waals surface area contributed by atoms with E-state index in [2.05, 4.69) is 48.1 Å². The number of aromatic hydroxyl groups is 1. The molecule has 2 aromatic carbocycles. The number of amides is 2. The summed E-state index contributed by atoms with van der Waals surface area (Å²) in [6.07, 6.45) is 0. The monoisotopic (exact) mass is 421 g/mol. The normalized spacial score (nSPS) is 12.0. The topological polar surface area (TPSA) is 82.2 Å². The summed E-state index contributed by atoms with van der Waals surface area (Å²) < 4.78 is 1.84. The molecule has 0 bridgehead atoms. The summed E-state index contributed by atoms with van der Waals surface area (Å²) in [6, 6.07) is 17.5. The van der Waals surface area contributed by atoms with Crippen LogP contribution in [0.1, 0.15) is 33.3 Å². The van der Waals surface area contributed by atoms with Crippen molar-refractivity contribution < 1.29 is 9.90 Å². The van der Waals surface area contributed by atoms with Crippen LogP contribution in [0.3, 0.4) is 0 Å². The van der Waals surface area contributed by atoms with Crippen molar-refractivity contribution in [3.63, 3.8) is 0 Å². The predicted octanol–water partition coefficient (Wildman–Crippen LogP) is 5.46. The molecule has 2 N–H and O–H groups in total. The number of hydrogen-bond acceptors (Lipinski definition) is 4. The second kappa shape index (κ2) is 10.2. The van der Waals surface area contributed by atoms with E-state index in [1.807, 2.05) is 59.2 Å². The van der Waals surface area contributed by atoms with E-state index in [9.17, 15) is 9.90 Å². The molecule has 0 atom stereocenters. The lowest BCUT2D eigenvalue weighted by Crippen LogP contribution is -2.39. The molecule has 3 aromatic rings. The lowest BCUT2D eigenvalue weighted by molar-refractivity contribution is 0.167. The number of nitrogens with one attached hydrogen (secondary N) is 1. The second-order valence-corrected chi connectivity index (χ2v) is 8.11. The van der Waals surface area contributed by atoms with Crippen molar-refractivity contribution in [2.24, 2.45) is 10.2 Å². The van der Waals surface area contributed by atoms with Crippen LogP contribution in [0, 0.1) is 0 Å². The molecular weight excluding hydrogens is 390 g/mol. The van der Waals surface area contributed by atoms with Gasteiger partial charge in [0.2, 0.25) is 5.88 Å². The molecule has 1 heterocycles. The molecule has 0 fully saturated rings. The lowest BCUT2D eigenvalue weighted by Gasteiger charge is -2.30. The van der Waals surface area contributed by atoms with E-state index in [0.29, 0.717) is 30.9 Å². The Morgan fingerprint density at radius 3 is 2.35 bits per heavy atom. The summed E-state index contributed by atoms with van der Waals surface area (Å²) in [4.78, 5) is 14.5. The van der Waals surface area contributed by atoms with Gasteiger partial charge in [0.05, 0.1) is 5.52 Å². The number of benzene rings is 2. The van der Waals surface area contributed by atoms with Crippen molar-refractivity contribution in [2.45, 2.75) is 52.9 Å². The van der Waals surface area contributed by atoms with E-state index < -0.39 is 6.03 Å². The number of carbonyl (C=O) groups is 1. The van der Waals surface area contributed by atoms with Crippen molar-refractivity contribution in [2.75, 3.05) is 6.54 Å². The summed E-state index contributed by atoms with van der Waals surface area (Å²) >= 11 is 0. The molecule has 0 aliphatic rings. The Morgan fingerprint density at radius 1 is 1.03 bits per heavy atom. The molecule has 1 aromatic heterocycles. The van der Waals surface area contributed by atoms with Gasteiger partial charge in [-0.25, -0.2) is 4.79 Å². The zero-order valence-electron chi connectivity index (χ0n) is 18.6. The van der Waals surface area contributed by atoms with Gasteiger partial charge in [-0.15, -0.1) is 5.11 Å². The third-order valence-electron chi connectivity index (χ3n) is 5.35. The molecule has 0 spiro atoms. The molecule has 0 aliphatic carbocycles. The molecule has 31 heavy (non-hydrogen) atoms. The predicted molar refractivity (Wildman–Crippen MR) is 124 cm³/mol. The Labute approximate surface area is 183 Å². The summed E-state index contributed by atoms with van der Waals surface area (Å²) in [5.74, 6) is 0.0215. The Morgan fingerprint density at radius 2 is 1.68 bits per heavy atom. The first-order valence-electron chi connectivity index (χ1n) is 10.7. The number of rotatable bonds is 8. The Kier molecular flexibility index (Phi) is 7.41. The number of aromatic nitrogens is 1. The maximum Gasteiger partial charge on any atom is 0.359 e. The van der Waals surface area contributed by atoms with Gasteiger partial charge in [0.25, 0.3) is 0 Å². The zero-order valence-corrected chi connectivity index (χ0v) is 18.6. The van der Waals surface area contributed by atoms with E-state index >= 15 is 0 Å². The van der Waals surface area contributed by atoms with Crippen LogP contribution < -0.4 is 5.32 Å². The highest BCUT2D eigenvalue weighted by molar-refractivity contribution is 5.95. The van der Waals surface area contributed by atoms with E-state index in [1.54, 1.807) is 0 Å². The van der Waals surface area contributed by atoms with Crippen LogP contribution in [0.5, 0.6) is 5.88 Å². The molecule has 2 amide bonds. The quantitative estimate of drug-likeness (QED) is 0.474. The maximum absolute atomic E-state index is 12.1. The molecule has 0 radical (unpaired) electrons. The fourth-order valence-corrected chi connectivity index (χ4v) is 3.83. The molecule has 164 valence electrons. The molecule has 7 heteroatoms. The van der Waals surface area contributed by atoms with Crippen LogP contribution in [0.25, 0.3) is 10.9 Å². The number of urea groups is 1. The van der Waals surface area contributed by atoms with Gasteiger partial charge in [0.15, 0.2) is 5.69 Å². The van der Waals surface area contributed by atoms with Crippen LogP contribution in [0.2, 0.25) is 0 Å². The third kappa shape index (κ3) is 5.49. The van der Waals surface area contributed by atoms with Crippen molar-refractivity contribution in [1.82, 2.24) is 14.8 Å². The minimum absolute atomic E-state index is 0.0215. The van der Waals surface area contributed by atoms with E-state index in [1.165, 1.54) is 0 Å². The van der Waals surface area contributed by atoms with Crippen LogP contribution in [0.4, 0.5) is 10.5 Å². The molecular formula is C24H31N5O2. The van der Waals surface area contributed by atoms with Gasteiger partial charge in [-0.1, -0.05) is 53.6 Å². The van der Waals surface area contributed by atoms with Crippen molar-refractivity contribution in [3.05, 3.63) is 60.2 Å². The minimum Gasteiger partial charge on any atom is -0.493 e. The SMILES string of the molecule is CC(C)N(CCn1c(O)c(N=NC(=O)NCc2ccccc2)c2ccccc21)C(C)C. The van der Waals surface area contributed by atoms with Crippen LogP contribution >= 0.6 is 0 Å². The number of nitrogens with zero attached hydrogens (tertiary/aromatic N) is 4. The zero-order chi connectivity index (χ0) is 22.4. The minimum atomic E-state index is -0.550. The van der Waals surface area contributed by atoms with Crippen LogP contribution in [0.15, 0.2) is 64.8 Å². The van der Waals surface area contributed by atoms with Crippen molar-refractivity contribution >= 4 is 22.6 Å². The first-order valence-corrected chi connectivity index (χ1v) is 10.7. The van der Waals surface area contributed by atoms with Crippen molar-refractivity contribution in [3.8, 4) is 5.88 Å². The highest BCUT2D eigenvalue weighted by atomic mass is 16.3. The van der Waals surface area contributed by atoms with Gasteiger partial charge in [0.1, 0.15) is 0 Å². The molecule has 0 aliphatic heterocycles. The van der Waals surface area contributed by atoms with Crippen molar-refractivity contribution in [1.29, 1.82) is 0 Å². The molecule has 7 nitrogen and oxygen atoms in total. The fourth-order valence-electron chi connectivity index (χ4n) is 3.83. The van der Waals surface area contributed by atoms with Crippen LogP contribution in [-0.4, -0.2) is 39.2 Å². The molecule has 3 rings (SSSR count). The van der Waals surface area contributed by atoms with E-state index in [-0.39, 0.29) is 5.88 Å². The van der Waals surface area contributed by atoms with E-state index in [0.717, 1.165) is 23.0 Å². The Hall–Kier alpha value is -3.19. The van der Waals surface area contributed by atoms with Gasteiger partial charge in [-0.05, 0) is 39.3 Å². The largest absolute Gasteiger partial charge is 0.493 e. The Bertz CT molecular complexity index is 1030. The van der Waals surface area contributed by atoms with Crippen LogP contribution in [-0.2, 0) is 13.1 Å². The standard InChI is InChI=1S/C24H31N5O2/c1-17(2)28(18(3)4)14-15-29-21-13-9-8-12-20(21)22(23(29)30)26-27-24(31)25-16-19-10-6-5-7-11-19/h5-13,17-18,30H,14-16H2,1-4H3,(H,25,31). The highest BCUT2D eigenvalue weighted by Gasteiger charge is 2.19.